The predicted molar refractivity (Wildman–Crippen MR) is 79.5 cm³/mol. The number of carbonyl (C=O) groups is 2. The van der Waals surface area contributed by atoms with Gasteiger partial charge in [-0.1, -0.05) is 31.5 Å². The number of carbonyl (C=O) groups excluding carboxylic acids is 2. The fourth-order valence-electron chi connectivity index (χ4n) is 2.45. The number of benzene rings is 1. The number of nitrogens with one attached hydrogen (secondary N) is 1. The van der Waals surface area contributed by atoms with Crippen LogP contribution in [0.1, 0.15) is 32.3 Å². The average molecular weight is 274 g/mol. The number of hydrogen-bond acceptors (Lipinski definition) is 2. The summed E-state index contributed by atoms with van der Waals surface area (Å²) in [7, 11) is 0. The molecule has 108 valence electrons. The molecule has 0 saturated carbocycles. The lowest BCUT2D eigenvalue weighted by Crippen LogP contribution is -2.45. The molecule has 1 aliphatic rings. The van der Waals surface area contributed by atoms with E-state index in [9.17, 15) is 9.59 Å². The molecule has 1 aliphatic heterocycles. The van der Waals surface area contributed by atoms with Gasteiger partial charge in [0.1, 0.15) is 6.04 Å². The predicted octanol–water partition coefficient (Wildman–Crippen LogP) is 2.26. The van der Waals surface area contributed by atoms with Gasteiger partial charge in [-0.2, -0.15) is 0 Å². The summed E-state index contributed by atoms with van der Waals surface area (Å²) < 4.78 is 0. The van der Waals surface area contributed by atoms with Crippen molar-refractivity contribution in [2.45, 2.75) is 39.7 Å². The minimum absolute atomic E-state index is 0.00611. The molecule has 1 atom stereocenters. The molecule has 1 saturated heterocycles. The lowest BCUT2D eigenvalue weighted by atomic mass is 10.0. The highest BCUT2D eigenvalue weighted by atomic mass is 16.2. The van der Waals surface area contributed by atoms with E-state index in [1.807, 2.05) is 31.2 Å². The molecule has 0 radical (unpaired) electrons. The van der Waals surface area contributed by atoms with Gasteiger partial charge >= 0.3 is 0 Å². The molecule has 0 aromatic heterocycles. The molecule has 1 aromatic rings. The minimum atomic E-state index is -0.411. The molecule has 0 aliphatic carbocycles. The van der Waals surface area contributed by atoms with E-state index in [4.69, 9.17) is 0 Å². The van der Waals surface area contributed by atoms with E-state index in [0.29, 0.717) is 25.3 Å². The summed E-state index contributed by atoms with van der Waals surface area (Å²) in [6.07, 6.45) is 1.03. The maximum atomic E-state index is 12.6. The summed E-state index contributed by atoms with van der Waals surface area (Å²) in [6, 6.07) is 7.44. The molecular weight excluding hydrogens is 252 g/mol. The third-order valence-corrected chi connectivity index (χ3v) is 3.51. The Morgan fingerprint density at radius 1 is 1.25 bits per heavy atom. The second kappa shape index (κ2) is 6.07. The SMILES string of the molecule is Cc1ccc(N2CCC(=O)NC(CC(C)C)C2=O)cc1. The zero-order valence-corrected chi connectivity index (χ0v) is 12.3. The third kappa shape index (κ3) is 3.38. The molecule has 1 heterocycles. The van der Waals surface area contributed by atoms with E-state index in [2.05, 4.69) is 19.2 Å². The summed E-state index contributed by atoms with van der Waals surface area (Å²) in [6.45, 7) is 6.57. The number of aryl methyl sites for hydroxylation is 1. The van der Waals surface area contributed by atoms with Crippen molar-refractivity contribution in [1.82, 2.24) is 5.32 Å². The highest BCUT2D eigenvalue weighted by Gasteiger charge is 2.30. The highest BCUT2D eigenvalue weighted by molar-refractivity contribution is 6.01. The topological polar surface area (TPSA) is 49.4 Å². The van der Waals surface area contributed by atoms with Gasteiger partial charge in [0.15, 0.2) is 0 Å². The molecule has 2 rings (SSSR count). The Hall–Kier alpha value is -1.84. The Labute approximate surface area is 120 Å². The summed E-state index contributed by atoms with van der Waals surface area (Å²) in [5.74, 6) is 0.314. The van der Waals surface area contributed by atoms with Crippen molar-refractivity contribution in [3.05, 3.63) is 29.8 Å². The molecule has 2 amide bonds. The van der Waals surface area contributed by atoms with Crippen molar-refractivity contribution < 1.29 is 9.59 Å². The van der Waals surface area contributed by atoms with Crippen LogP contribution < -0.4 is 10.2 Å². The maximum Gasteiger partial charge on any atom is 0.249 e. The lowest BCUT2D eigenvalue weighted by Gasteiger charge is -2.25. The van der Waals surface area contributed by atoms with Crippen LogP contribution in [0.3, 0.4) is 0 Å². The van der Waals surface area contributed by atoms with E-state index in [1.54, 1.807) is 4.90 Å². The van der Waals surface area contributed by atoms with Gasteiger partial charge in [0.05, 0.1) is 0 Å². The van der Waals surface area contributed by atoms with Crippen LogP contribution >= 0.6 is 0 Å². The van der Waals surface area contributed by atoms with Crippen LogP contribution in [0.25, 0.3) is 0 Å². The Morgan fingerprint density at radius 2 is 1.90 bits per heavy atom. The lowest BCUT2D eigenvalue weighted by molar-refractivity contribution is -0.125. The summed E-state index contributed by atoms with van der Waals surface area (Å²) in [4.78, 5) is 26.1. The standard InChI is InChI=1S/C16H22N2O2/c1-11(2)10-14-16(20)18(9-8-15(19)17-14)13-6-4-12(3)5-7-13/h4-7,11,14H,8-10H2,1-3H3,(H,17,19). The quantitative estimate of drug-likeness (QED) is 0.919. The van der Waals surface area contributed by atoms with Gasteiger partial charge in [-0.25, -0.2) is 0 Å². The number of rotatable bonds is 3. The highest BCUT2D eigenvalue weighted by Crippen LogP contribution is 2.20. The van der Waals surface area contributed by atoms with Gasteiger partial charge in [-0.3, -0.25) is 9.59 Å². The molecule has 1 unspecified atom stereocenters. The zero-order chi connectivity index (χ0) is 14.7. The molecule has 4 heteroatoms. The Morgan fingerprint density at radius 3 is 2.50 bits per heavy atom. The van der Waals surface area contributed by atoms with E-state index in [1.165, 1.54) is 0 Å². The van der Waals surface area contributed by atoms with E-state index >= 15 is 0 Å². The number of hydrogen-bond donors (Lipinski definition) is 1. The van der Waals surface area contributed by atoms with Gasteiger partial charge < -0.3 is 10.2 Å². The second-order valence-corrected chi connectivity index (χ2v) is 5.83. The first-order valence-corrected chi connectivity index (χ1v) is 7.15. The Balaban J connectivity index is 2.25. The zero-order valence-electron chi connectivity index (χ0n) is 12.3. The van der Waals surface area contributed by atoms with Crippen LogP contribution in [0.5, 0.6) is 0 Å². The van der Waals surface area contributed by atoms with Gasteiger partial charge in [0.2, 0.25) is 11.8 Å². The number of nitrogens with zero attached hydrogens (tertiary/aromatic N) is 1. The normalized spacial score (nSPS) is 20.0. The third-order valence-electron chi connectivity index (χ3n) is 3.51. The van der Waals surface area contributed by atoms with Crippen LogP contribution in [-0.2, 0) is 9.59 Å². The Kier molecular flexibility index (Phi) is 4.42. The molecule has 1 fully saturated rings. The van der Waals surface area contributed by atoms with Crippen LogP contribution in [0.15, 0.2) is 24.3 Å². The van der Waals surface area contributed by atoms with Crippen molar-refractivity contribution >= 4 is 17.5 Å². The van der Waals surface area contributed by atoms with Crippen LogP contribution in [0.4, 0.5) is 5.69 Å². The van der Waals surface area contributed by atoms with E-state index < -0.39 is 6.04 Å². The van der Waals surface area contributed by atoms with Crippen molar-refractivity contribution in [2.75, 3.05) is 11.4 Å². The smallest absolute Gasteiger partial charge is 0.249 e. The molecule has 1 aromatic carbocycles. The van der Waals surface area contributed by atoms with Crippen molar-refractivity contribution in [3.8, 4) is 0 Å². The van der Waals surface area contributed by atoms with Crippen molar-refractivity contribution in [1.29, 1.82) is 0 Å². The van der Waals surface area contributed by atoms with Crippen LogP contribution in [0.2, 0.25) is 0 Å². The largest absolute Gasteiger partial charge is 0.344 e. The first kappa shape index (κ1) is 14.6. The first-order valence-electron chi connectivity index (χ1n) is 7.15. The van der Waals surface area contributed by atoms with Crippen molar-refractivity contribution in [3.63, 3.8) is 0 Å². The van der Waals surface area contributed by atoms with E-state index in [-0.39, 0.29) is 11.8 Å². The Bertz CT molecular complexity index is 494. The fraction of sp³-hybridized carbons (Fsp3) is 0.500. The van der Waals surface area contributed by atoms with Gasteiger partial charge in [0.25, 0.3) is 0 Å². The van der Waals surface area contributed by atoms with Gasteiger partial charge in [-0.15, -0.1) is 0 Å². The maximum absolute atomic E-state index is 12.6. The van der Waals surface area contributed by atoms with Gasteiger partial charge in [-0.05, 0) is 31.4 Å². The second-order valence-electron chi connectivity index (χ2n) is 5.83. The molecule has 20 heavy (non-hydrogen) atoms. The average Bonchev–Trinajstić information content (AvgIpc) is 2.51. The molecular formula is C16H22N2O2. The first-order chi connectivity index (χ1) is 9.47. The molecule has 0 bridgehead atoms. The summed E-state index contributed by atoms with van der Waals surface area (Å²) in [5.41, 5.74) is 2.02. The molecule has 1 N–H and O–H groups in total. The molecule has 0 spiro atoms. The van der Waals surface area contributed by atoms with Crippen LogP contribution in [0, 0.1) is 12.8 Å². The summed E-state index contributed by atoms with van der Waals surface area (Å²) >= 11 is 0. The minimum Gasteiger partial charge on any atom is -0.344 e. The molecule has 4 nitrogen and oxygen atoms in total. The number of amides is 2. The monoisotopic (exact) mass is 274 g/mol. The fourth-order valence-corrected chi connectivity index (χ4v) is 2.45. The van der Waals surface area contributed by atoms with Crippen LogP contribution in [-0.4, -0.2) is 24.4 Å². The van der Waals surface area contributed by atoms with Crippen molar-refractivity contribution in [2.24, 2.45) is 5.92 Å². The van der Waals surface area contributed by atoms with E-state index in [0.717, 1.165) is 11.3 Å². The van der Waals surface area contributed by atoms with Gasteiger partial charge in [0, 0.05) is 18.7 Å². The summed E-state index contributed by atoms with van der Waals surface area (Å²) in [5, 5.41) is 2.84. The number of anilines is 1.